The Balaban J connectivity index is 1.91. The minimum Gasteiger partial charge on any atom is -0.354 e. The van der Waals surface area contributed by atoms with Crippen LogP contribution in [0.4, 0.5) is 5.69 Å². The molecule has 0 aliphatic carbocycles. The lowest BCUT2D eigenvalue weighted by atomic mass is 10.0. The third-order valence-electron chi connectivity index (χ3n) is 4.22. The highest BCUT2D eigenvalue weighted by Gasteiger charge is 2.22. The Kier molecular flexibility index (Phi) is 3.98. The second-order valence-corrected chi connectivity index (χ2v) is 6.00. The lowest BCUT2D eigenvalue weighted by molar-refractivity contribution is -0.115. The molecule has 1 aromatic heterocycles. The number of H-pyrrole nitrogens is 1. The van der Waals surface area contributed by atoms with Gasteiger partial charge in [0.1, 0.15) is 0 Å². The van der Waals surface area contributed by atoms with Crippen LogP contribution >= 0.6 is 0 Å². The summed E-state index contributed by atoms with van der Waals surface area (Å²) in [6.07, 6.45) is 1.65. The lowest BCUT2D eigenvalue weighted by Crippen LogP contribution is -2.25. The van der Waals surface area contributed by atoms with Crippen molar-refractivity contribution in [2.24, 2.45) is 5.10 Å². The maximum atomic E-state index is 12.4. The van der Waals surface area contributed by atoms with E-state index in [1.807, 2.05) is 36.4 Å². The first-order valence-electron chi connectivity index (χ1n) is 8.20. The number of carbonyl (C=O) groups is 2. The largest absolute Gasteiger partial charge is 0.354 e. The van der Waals surface area contributed by atoms with E-state index in [1.165, 1.54) is 0 Å². The molecule has 2 heterocycles. The van der Waals surface area contributed by atoms with Gasteiger partial charge in [0.2, 0.25) is 5.91 Å². The number of hydrazone groups is 1. The van der Waals surface area contributed by atoms with Crippen molar-refractivity contribution in [1.82, 2.24) is 15.7 Å². The fraction of sp³-hybridized carbons (Fsp3) is 0.105. The molecule has 2 aromatic carbocycles. The topological polar surface area (TPSA) is 98.4 Å². The van der Waals surface area contributed by atoms with Crippen LogP contribution < -0.4 is 16.1 Å². The van der Waals surface area contributed by atoms with Crippen LogP contribution in [0.15, 0.2) is 47.6 Å². The maximum absolute atomic E-state index is 12.4. The Labute approximate surface area is 149 Å². The van der Waals surface area contributed by atoms with Crippen LogP contribution in [0.1, 0.15) is 15.9 Å². The first kappa shape index (κ1) is 16.0. The molecule has 0 spiro atoms. The van der Waals surface area contributed by atoms with Crippen molar-refractivity contribution in [2.75, 3.05) is 18.9 Å². The number of nitrogens with one attached hydrogen (secondary N) is 4. The number of rotatable bonds is 4. The van der Waals surface area contributed by atoms with E-state index in [0.29, 0.717) is 11.3 Å². The summed E-state index contributed by atoms with van der Waals surface area (Å²) >= 11 is 0. The maximum Gasteiger partial charge on any atom is 0.272 e. The van der Waals surface area contributed by atoms with Crippen molar-refractivity contribution < 1.29 is 9.59 Å². The molecule has 1 aliphatic rings. The summed E-state index contributed by atoms with van der Waals surface area (Å²) in [5.74, 6) is -0.493. The summed E-state index contributed by atoms with van der Waals surface area (Å²) in [4.78, 5) is 27.7. The van der Waals surface area contributed by atoms with Gasteiger partial charge in [0.05, 0.1) is 24.0 Å². The summed E-state index contributed by atoms with van der Waals surface area (Å²) in [6, 6.07) is 13.3. The lowest BCUT2D eigenvalue weighted by Gasteiger charge is -2.08. The average molecular weight is 347 g/mol. The number of hydrogen-bond donors (Lipinski definition) is 4. The molecule has 7 nitrogen and oxygen atoms in total. The van der Waals surface area contributed by atoms with Crippen LogP contribution in [0.3, 0.4) is 0 Å². The highest BCUT2D eigenvalue weighted by Crippen LogP contribution is 2.34. The summed E-state index contributed by atoms with van der Waals surface area (Å²) in [5, 5.41) is 10.4. The van der Waals surface area contributed by atoms with E-state index in [0.717, 1.165) is 27.7 Å². The van der Waals surface area contributed by atoms with Crippen molar-refractivity contribution in [2.45, 2.75) is 0 Å². The average Bonchev–Trinajstić information content (AvgIpc) is 2.91. The van der Waals surface area contributed by atoms with Gasteiger partial charge in [0.25, 0.3) is 5.91 Å². The first-order chi connectivity index (χ1) is 12.7. The normalized spacial score (nSPS) is 12.7. The van der Waals surface area contributed by atoms with E-state index in [1.54, 1.807) is 19.3 Å². The summed E-state index contributed by atoms with van der Waals surface area (Å²) < 4.78 is 0. The molecule has 0 atom stereocenters. The zero-order valence-corrected chi connectivity index (χ0v) is 14.1. The SMILES string of the molecule is CNCC(=O)Nc1cc2c3c(c(-c4ccccc4)[nH]c3c1)C=NNC2=O. The first-order valence-corrected chi connectivity index (χ1v) is 8.20. The summed E-state index contributed by atoms with van der Waals surface area (Å²) in [7, 11) is 1.70. The number of aromatic nitrogens is 1. The highest BCUT2D eigenvalue weighted by molar-refractivity contribution is 6.18. The molecule has 0 saturated carbocycles. The molecule has 130 valence electrons. The monoisotopic (exact) mass is 347 g/mol. The van der Waals surface area contributed by atoms with Crippen molar-refractivity contribution in [1.29, 1.82) is 0 Å². The smallest absolute Gasteiger partial charge is 0.272 e. The third kappa shape index (κ3) is 2.74. The van der Waals surface area contributed by atoms with E-state index in [4.69, 9.17) is 0 Å². The van der Waals surface area contributed by atoms with Gasteiger partial charge in [-0.1, -0.05) is 30.3 Å². The van der Waals surface area contributed by atoms with E-state index >= 15 is 0 Å². The summed E-state index contributed by atoms with van der Waals surface area (Å²) in [5.41, 5.74) is 7.00. The predicted molar refractivity (Wildman–Crippen MR) is 101 cm³/mol. The third-order valence-corrected chi connectivity index (χ3v) is 4.22. The number of carbonyl (C=O) groups excluding carboxylic acids is 2. The second kappa shape index (κ2) is 6.45. The Bertz CT molecular complexity index is 1040. The fourth-order valence-corrected chi connectivity index (χ4v) is 3.15. The molecule has 0 fully saturated rings. The van der Waals surface area contributed by atoms with E-state index in [9.17, 15) is 9.59 Å². The minimum absolute atomic E-state index is 0.181. The molecule has 1 aliphatic heterocycles. The number of nitrogens with zero attached hydrogens (tertiary/aromatic N) is 1. The molecule has 0 saturated heterocycles. The van der Waals surface area contributed by atoms with Crippen molar-refractivity contribution in [3.05, 3.63) is 53.6 Å². The van der Waals surface area contributed by atoms with Gasteiger partial charge >= 0.3 is 0 Å². The molecular weight excluding hydrogens is 330 g/mol. The standard InChI is InChI=1S/C19H17N5O2/c1-20-10-16(25)22-12-7-13-17-14(9-21-24-19(13)26)18(23-15(17)8-12)11-5-3-2-4-6-11/h2-9,20,23H,10H2,1H3,(H,22,25)(H,24,26). The molecule has 0 bridgehead atoms. The van der Waals surface area contributed by atoms with Crippen molar-refractivity contribution in [3.8, 4) is 11.3 Å². The zero-order chi connectivity index (χ0) is 18.1. The summed E-state index contributed by atoms with van der Waals surface area (Å²) in [6.45, 7) is 0.188. The van der Waals surface area contributed by atoms with E-state index < -0.39 is 0 Å². The van der Waals surface area contributed by atoms with Gasteiger partial charge in [0.15, 0.2) is 0 Å². The van der Waals surface area contributed by atoms with Gasteiger partial charge in [0, 0.05) is 22.2 Å². The van der Waals surface area contributed by atoms with Gasteiger partial charge in [-0.25, -0.2) is 5.43 Å². The highest BCUT2D eigenvalue weighted by atomic mass is 16.2. The van der Waals surface area contributed by atoms with Crippen LogP contribution in [0.5, 0.6) is 0 Å². The van der Waals surface area contributed by atoms with E-state index in [2.05, 4.69) is 26.1 Å². The van der Waals surface area contributed by atoms with Crippen molar-refractivity contribution in [3.63, 3.8) is 0 Å². The molecule has 0 radical (unpaired) electrons. The number of hydrogen-bond acceptors (Lipinski definition) is 4. The van der Waals surface area contributed by atoms with Crippen LogP contribution in [0.25, 0.3) is 22.2 Å². The molecule has 4 rings (SSSR count). The number of likely N-dealkylation sites (N-methyl/N-ethyl adjacent to an activating group) is 1. The molecule has 3 aromatic rings. The Hall–Kier alpha value is -3.45. The second-order valence-electron chi connectivity index (χ2n) is 6.00. The fourth-order valence-electron chi connectivity index (χ4n) is 3.15. The number of aromatic amines is 1. The molecule has 4 N–H and O–H groups in total. The Morgan fingerprint density at radius 2 is 2.00 bits per heavy atom. The number of amides is 2. The predicted octanol–water partition coefficient (Wildman–Crippen LogP) is 2.07. The molecule has 26 heavy (non-hydrogen) atoms. The van der Waals surface area contributed by atoms with Crippen LogP contribution in [-0.2, 0) is 4.79 Å². The molecule has 0 unspecified atom stereocenters. The minimum atomic E-state index is -0.312. The quantitative estimate of drug-likeness (QED) is 0.581. The Morgan fingerprint density at radius 3 is 2.77 bits per heavy atom. The molecule has 2 amide bonds. The van der Waals surface area contributed by atoms with Gasteiger partial charge in [-0.15, -0.1) is 0 Å². The number of benzene rings is 2. The molecule has 7 heteroatoms. The molecular formula is C19H17N5O2. The number of anilines is 1. The van der Waals surface area contributed by atoms with Gasteiger partial charge < -0.3 is 15.6 Å². The van der Waals surface area contributed by atoms with Gasteiger partial charge in [-0.05, 0) is 24.7 Å². The Morgan fingerprint density at radius 1 is 1.19 bits per heavy atom. The van der Waals surface area contributed by atoms with Gasteiger partial charge in [-0.2, -0.15) is 5.10 Å². The van der Waals surface area contributed by atoms with Crippen molar-refractivity contribution >= 4 is 34.6 Å². The van der Waals surface area contributed by atoms with E-state index in [-0.39, 0.29) is 18.4 Å². The zero-order valence-electron chi connectivity index (χ0n) is 14.1. The van der Waals surface area contributed by atoms with Crippen LogP contribution in [0, 0.1) is 0 Å². The van der Waals surface area contributed by atoms with Crippen LogP contribution in [0.2, 0.25) is 0 Å². The van der Waals surface area contributed by atoms with Crippen LogP contribution in [-0.4, -0.2) is 36.6 Å². The van der Waals surface area contributed by atoms with Gasteiger partial charge in [-0.3, -0.25) is 9.59 Å².